The maximum absolute atomic E-state index is 6.32. The van der Waals surface area contributed by atoms with Gasteiger partial charge in [-0.2, -0.15) is 0 Å². The first kappa shape index (κ1) is 11.5. The van der Waals surface area contributed by atoms with Gasteiger partial charge in [0.2, 0.25) is 0 Å². The molecular weight excluding hydrogens is 198 g/mol. The number of rotatable bonds is 3. The van der Waals surface area contributed by atoms with Crippen molar-refractivity contribution < 1.29 is 4.74 Å². The molecule has 2 N–H and O–H groups in total. The van der Waals surface area contributed by atoms with E-state index in [0.717, 1.165) is 5.75 Å². The first-order chi connectivity index (χ1) is 7.63. The molecule has 2 heteroatoms. The Hall–Kier alpha value is -1.02. The molecule has 0 spiro atoms. The standard InChI is InChI=1S/C14H21NO/c1-9-7-12(13(16-3)8-10(9)2)14(15)11-5-4-6-11/h7-8,11,14H,4-6,15H2,1-3H3. The van der Waals surface area contributed by atoms with Crippen LogP contribution >= 0.6 is 0 Å². The molecule has 0 saturated heterocycles. The van der Waals surface area contributed by atoms with Crippen LogP contribution in [-0.4, -0.2) is 7.11 Å². The van der Waals surface area contributed by atoms with Gasteiger partial charge in [0.15, 0.2) is 0 Å². The van der Waals surface area contributed by atoms with Gasteiger partial charge in [0.25, 0.3) is 0 Å². The monoisotopic (exact) mass is 219 g/mol. The third kappa shape index (κ3) is 1.94. The summed E-state index contributed by atoms with van der Waals surface area (Å²) in [5.74, 6) is 1.60. The van der Waals surface area contributed by atoms with Crippen molar-refractivity contribution >= 4 is 0 Å². The van der Waals surface area contributed by atoms with Crippen LogP contribution in [0.1, 0.15) is 42.0 Å². The maximum atomic E-state index is 6.32. The fraction of sp³-hybridized carbons (Fsp3) is 0.571. The van der Waals surface area contributed by atoms with Gasteiger partial charge >= 0.3 is 0 Å². The van der Waals surface area contributed by atoms with Gasteiger partial charge in [-0.3, -0.25) is 0 Å². The molecule has 88 valence electrons. The van der Waals surface area contributed by atoms with E-state index in [1.807, 2.05) is 0 Å². The van der Waals surface area contributed by atoms with Crippen LogP contribution in [0.3, 0.4) is 0 Å². The van der Waals surface area contributed by atoms with E-state index in [9.17, 15) is 0 Å². The van der Waals surface area contributed by atoms with E-state index >= 15 is 0 Å². The number of hydrogen-bond acceptors (Lipinski definition) is 2. The Balaban J connectivity index is 2.33. The third-order valence-corrected chi connectivity index (χ3v) is 3.86. The molecule has 0 aromatic heterocycles. The molecule has 1 aliphatic rings. The van der Waals surface area contributed by atoms with Crippen LogP contribution in [-0.2, 0) is 0 Å². The zero-order valence-corrected chi connectivity index (χ0v) is 10.4. The smallest absolute Gasteiger partial charge is 0.123 e. The van der Waals surface area contributed by atoms with Gasteiger partial charge in [-0.1, -0.05) is 12.5 Å². The highest BCUT2D eigenvalue weighted by Gasteiger charge is 2.27. The van der Waals surface area contributed by atoms with E-state index in [1.165, 1.54) is 36.0 Å². The SMILES string of the molecule is COc1cc(C)c(C)cc1C(N)C1CCC1. The highest BCUT2D eigenvalue weighted by molar-refractivity contribution is 5.43. The Kier molecular flexibility index (Phi) is 3.20. The Morgan fingerprint density at radius 1 is 1.25 bits per heavy atom. The third-order valence-electron chi connectivity index (χ3n) is 3.86. The summed E-state index contributed by atoms with van der Waals surface area (Å²) >= 11 is 0. The molecule has 1 atom stereocenters. The number of benzene rings is 1. The zero-order valence-electron chi connectivity index (χ0n) is 10.4. The predicted octanol–water partition coefficient (Wildman–Crippen LogP) is 3.11. The lowest BCUT2D eigenvalue weighted by molar-refractivity contribution is 0.259. The van der Waals surface area contributed by atoms with Crippen molar-refractivity contribution in [3.63, 3.8) is 0 Å². The molecule has 1 aromatic rings. The molecule has 1 unspecified atom stereocenters. The summed E-state index contributed by atoms with van der Waals surface area (Å²) in [7, 11) is 1.72. The van der Waals surface area contributed by atoms with Crippen LogP contribution in [0.5, 0.6) is 5.75 Å². The van der Waals surface area contributed by atoms with E-state index in [-0.39, 0.29) is 6.04 Å². The van der Waals surface area contributed by atoms with Gasteiger partial charge < -0.3 is 10.5 Å². The lowest BCUT2D eigenvalue weighted by atomic mass is 9.77. The summed E-state index contributed by atoms with van der Waals surface area (Å²) in [5, 5.41) is 0. The molecule has 0 bridgehead atoms. The lowest BCUT2D eigenvalue weighted by Crippen LogP contribution is -2.27. The summed E-state index contributed by atoms with van der Waals surface area (Å²) in [6.07, 6.45) is 3.85. The van der Waals surface area contributed by atoms with E-state index in [2.05, 4.69) is 26.0 Å². The van der Waals surface area contributed by atoms with Crippen LogP contribution in [0.15, 0.2) is 12.1 Å². The number of methoxy groups -OCH3 is 1. The van der Waals surface area contributed by atoms with Crippen LogP contribution in [0, 0.1) is 19.8 Å². The number of aryl methyl sites for hydroxylation is 2. The molecule has 1 fully saturated rings. The molecular formula is C14H21NO. The Bertz CT molecular complexity index is 383. The number of nitrogens with two attached hydrogens (primary N) is 1. The topological polar surface area (TPSA) is 35.2 Å². The summed E-state index contributed by atoms with van der Waals surface area (Å²) in [6, 6.07) is 4.43. The molecule has 0 aliphatic heterocycles. The summed E-state index contributed by atoms with van der Waals surface area (Å²) < 4.78 is 5.44. The quantitative estimate of drug-likeness (QED) is 0.847. The van der Waals surface area contributed by atoms with Crippen LogP contribution in [0.4, 0.5) is 0 Å². The van der Waals surface area contributed by atoms with Crippen molar-refractivity contribution in [3.8, 4) is 5.75 Å². The van der Waals surface area contributed by atoms with Crippen molar-refractivity contribution in [1.82, 2.24) is 0 Å². The fourth-order valence-corrected chi connectivity index (χ4v) is 2.30. The van der Waals surface area contributed by atoms with Gasteiger partial charge in [0, 0.05) is 11.6 Å². The minimum atomic E-state index is 0.142. The van der Waals surface area contributed by atoms with Crippen molar-refractivity contribution in [1.29, 1.82) is 0 Å². The number of hydrogen-bond donors (Lipinski definition) is 1. The molecule has 0 amide bonds. The molecule has 0 radical (unpaired) electrons. The van der Waals surface area contributed by atoms with Crippen LogP contribution in [0.2, 0.25) is 0 Å². The first-order valence-electron chi connectivity index (χ1n) is 6.04. The normalized spacial score (nSPS) is 18.0. The van der Waals surface area contributed by atoms with E-state index in [4.69, 9.17) is 10.5 Å². The average molecular weight is 219 g/mol. The molecule has 2 rings (SSSR count). The minimum Gasteiger partial charge on any atom is -0.496 e. The van der Waals surface area contributed by atoms with Crippen LogP contribution in [0.25, 0.3) is 0 Å². The van der Waals surface area contributed by atoms with E-state index in [0.29, 0.717) is 5.92 Å². The molecule has 1 saturated carbocycles. The van der Waals surface area contributed by atoms with Crippen molar-refractivity contribution in [3.05, 3.63) is 28.8 Å². The lowest BCUT2D eigenvalue weighted by Gasteiger charge is -2.32. The zero-order chi connectivity index (χ0) is 11.7. The second-order valence-electron chi connectivity index (χ2n) is 4.90. The van der Waals surface area contributed by atoms with Gasteiger partial charge in [0.1, 0.15) is 5.75 Å². The molecule has 16 heavy (non-hydrogen) atoms. The highest BCUT2D eigenvalue weighted by atomic mass is 16.5. The predicted molar refractivity (Wildman–Crippen MR) is 66.7 cm³/mol. The summed E-state index contributed by atoms with van der Waals surface area (Å²) in [6.45, 7) is 4.24. The Morgan fingerprint density at radius 3 is 2.38 bits per heavy atom. The highest BCUT2D eigenvalue weighted by Crippen LogP contribution is 2.39. The second-order valence-corrected chi connectivity index (χ2v) is 4.90. The van der Waals surface area contributed by atoms with Crippen molar-refractivity contribution in [2.45, 2.75) is 39.2 Å². The van der Waals surface area contributed by atoms with Crippen molar-refractivity contribution in [2.75, 3.05) is 7.11 Å². The largest absolute Gasteiger partial charge is 0.496 e. The second kappa shape index (κ2) is 4.46. The van der Waals surface area contributed by atoms with Gasteiger partial charge in [-0.05, 0) is 49.8 Å². The van der Waals surface area contributed by atoms with E-state index in [1.54, 1.807) is 7.11 Å². The Morgan fingerprint density at radius 2 is 1.88 bits per heavy atom. The molecule has 2 nitrogen and oxygen atoms in total. The minimum absolute atomic E-state index is 0.142. The first-order valence-corrected chi connectivity index (χ1v) is 6.04. The fourth-order valence-electron chi connectivity index (χ4n) is 2.30. The van der Waals surface area contributed by atoms with Gasteiger partial charge in [0.05, 0.1) is 7.11 Å². The van der Waals surface area contributed by atoms with Crippen LogP contribution < -0.4 is 10.5 Å². The van der Waals surface area contributed by atoms with Gasteiger partial charge in [-0.25, -0.2) is 0 Å². The summed E-state index contributed by atoms with van der Waals surface area (Å²) in [4.78, 5) is 0. The summed E-state index contributed by atoms with van der Waals surface area (Å²) in [5.41, 5.74) is 10.1. The molecule has 1 aromatic carbocycles. The number of ether oxygens (including phenoxy) is 1. The molecule has 1 aliphatic carbocycles. The van der Waals surface area contributed by atoms with Crippen molar-refractivity contribution in [2.24, 2.45) is 11.7 Å². The van der Waals surface area contributed by atoms with E-state index < -0.39 is 0 Å². The van der Waals surface area contributed by atoms with Gasteiger partial charge in [-0.15, -0.1) is 0 Å². The Labute approximate surface area is 97.8 Å². The maximum Gasteiger partial charge on any atom is 0.123 e. The molecule has 0 heterocycles. The average Bonchev–Trinajstić information content (AvgIpc) is 2.18.